The molecule has 290 valence electrons. The lowest BCUT2D eigenvalue weighted by Gasteiger charge is -2.31. The van der Waals surface area contributed by atoms with Crippen LogP contribution in [0.3, 0.4) is 0 Å². The van der Waals surface area contributed by atoms with Crippen LogP contribution >= 0.6 is 0 Å². The fraction of sp³-hybridized carbons (Fsp3) is 0.600. The van der Waals surface area contributed by atoms with Crippen LogP contribution in [0.4, 0.5) is 14.0 Å². The minimum atomic E-state index is -3.94. The zero-order valence-electron chi connectivity index (χ0n) is 30.5. The lowest BCUT2D eigenvalue weighted by Crippen LogP contribution is -2.60. The lowest BCUT2D eigenvalue weighted by molar-refractivity contribution is -0.142. The lowest BCUT2D eigenvalue weighted by atomic mass is 10.1. The van der Waals surface area contributed by atoms with Crippen LogP contribution in [0.2, 0.25) is 0 Å². The summed E-state index contributed by atoms with van der Waals surface area (Å²) >= 11 is 0. The molecule has 2 aliphatic carbocycles. The number of likely N-dealkylation sites (N-methyl/N-ethyl adjacent to an activating group) is 1. The van der Waals surface area contributed by atoms with Crippen LogP contribution in [-0.2, 0) is 51.8 Å². The van der Waals surface area contributed by atoms with Crippen LogP contribution in [0, 0.1) is 11.7 Å². The van der Waals surface area contributed by atoms with Crippen molar-refractivity contribution in [3.8, 4) is 0 Å². The number of benzene rings is 1. The number of nitrogens with one attached hydrogen (secondary N) is 3. The summed E-state index contributed by atoms with van der Waals surface area (Å²) in [6.45, 7) is 9.44. The summed E-state index contributed by atoms with van der Waals surface area (Å²) in [7, 11) is -2.56. The van der Waals surface area contributed by atoms with Gasteiger partial charge >= 0.3 is 12.2 Å². The van der Waals surface area contributed by atoms with E-state index in [4.69, 9.17) is 9.47 Å². The third kappa shape index (κ3) is 8.91. The van der Waals surface area contributed by atoms with E-state index in [0.29, 0.717) is 30.4 Å². The Hall–Kier alpha value is -4.74. The quantitative estimate of drug-likeness (QED) is 0.263. The number of amides is 6. The van der Waals surface area contributed by atoms with E-state index in [1.165, 1.54) is 24.1 Å². The van der Waals surface area contributed by atoms with Gasteiger partial charge in [-0.25, -0.2) is 22.4 Å². The molecule has 1 aromatic carbocycles. The van der Waals surface area contributed by atoms with E-state index in [2.05, 4.69) is 21.9 Å². The largest absolute Gasteiger partial charge is 0.444 e. The van der Waals surface area contributed by atoms with Crippen molar-refractivity contribution >= 4 is 45.8 Å². The average molecular weight is 763 g/mol. The molecule has 2 saturated carbocycles. The summed E-state index contributed by atoms with van der Waals surface area (Å²) in [5, 5.41) is 4.51. The van der Waals surface area contributed by atoms with Crippen LogP contribution in [0.25, 0.3) is 0 Å². The van der Waals surface area contributed by atoms with Crippen molar-refractivity contribution in [2.75, 3.05) is 20.1 Å². The predicted octanol–water partition coefficient (Wildman–Crippen LogP) is 1.68. The summed E-state index contributed by atoms with van der Waals surface area (Å²) in [4.78, 5) is 84.1. The number of sulfonamides is 1. The summed E-state index contributed by atoms with van der Waals surface area (Å²) in [6, 6.07) is 1.70. The second-order valence-electron chi connectivity index (χ2n) is 15.0. The van der Waals surface area contributed by atoms with Crippen molar-refractivity contribution in [1.82, 2.24) is 30.1 Å². The molecular formula is C35H47FN6O10S. The summed E-state index contributed by atoms with van der Waals surface area (Å²) in [6.07, 6.45) is -0.624. The number of hydrogen-bond acceptors (Lipinski definition) is 10. The third-order valence-corrected chi connectivity index (χ3v) is 11.7. The molecule has 0 bridgehead atoms. The predicted molar refractivity (Wildman–Crippen MR) is 186 cm³/mol. The molecule has 0 aromatic heterocycles. The Morgan fingerprint density at radius 1 is 1.15 bits per heavy atom. The molecule has 1 saturated heterocycles. The Morgan fingerprint density at radius 3 is 2.43 bits per heavy atom. The molecule has 1 aromatic rings. The second kappa shape index (κ2) is 14.9. The minimum Gasteiger partial charge on any atom is -0.444 e. The van der Waals surface area contributed by atoms with Crippen molar-refractivity contribution in [1.29, 1.82) is 0 Å². The Balaban J connectivity index is 1.40. The van der Waals surface area contributed by atoms with Gasteiger partial charge in [0.1, 0.15) is 35.1 Å². The minimum absolute atomic E-state index is 0.0501. The van der Waals surface area contributed by atoms with Gasteiger partial charge in [0.15, 0.2) is 0 Å². The number of nitrogens with zero attached hydrogens (tertiary/aromatic N) is 3. The van der Waals surface area contributed by atoms with Crippen LogP contribution in [0.5, 0.6) is 0 Å². The zero-order chi connectivity index (χ0) is 39.0. The second-order valence-corrected chi connectivity index (χ2v) is 17.0. The highest BCUT2D eigenvalue weighted by atomic mass is 32.2. The molecular weight excluding hydrogens is 715 g/mol. The highest BCUT2D eigenvalue weighted by Crippen LogP contribution is 2.47. The third-order valence-electron chi connectivity index (χ3n) is 9.84. The number of fused-ring (bicyclic) bond motifs is 1. The number of hydrogen-bond donors (Lipinski definition) is 3. The van der Waals surface area contributed by atoms with Crippen molar-refractivity contribution in [3.63, 3.8) is 0 Å². The van der Waals surface area contributed by atoms with Gasteiger partial charge in [0, 0.05) is 25.6 Å². The molecule has 6 amide bonds. The van der Waals surface area contributed by atoms with Crippen molar-refractivity contribution in [2.24, 2.45) is 5.92 Å². The van der Waals surface area contributed by atoms with Gasteiger partial charge < -0.3 is 29.9 Å². The van der Waals surface area contributed by atoms with Crippen LogP contribution in [0.1, 0.15) is 70.9 Å². The van der Waals surface area contributed by atoms with Crippen LogP contribution in [-0.4, -0.2) is 114 Å². The highest BCUT2D eigenvalue weighted by molar-refractivity contribution is 7.91. The molecule has 18 heteroatoms. The Morgan fingerprint density at radius 2 is 1.85 bits per heavy atom. The Labute approximate surface area is 307 Å². The fourth-order valence-electron chi connectivity index (χ4n) is 6.75. The first-order chi connectivity index (χ1) is 24.8. The van der Waals surface area contributed by atoms with E-state index in [0.717, 1.165) is 15.9 Å². The maximum Gasteiger partial charge on any atom is 0.410 e. The van der Waals surface area contributed by atoms with Crippen LogP contribution in [0.15, 0.2) is 30.9 Å². The molecule has 16 nitrogen and oxygen atoms in total. The number of likely N-dealkylation sites (tertiary alicyclic amines) is 1. The monoisotopic (exact) mass is 762 g/mol. The molecule has 53 heavy (non-hydrogen) atoms. The normalized spacial score (nSPS) is 24.0. The summed E-state index contributed by atoms with van der Waals surface area (Å²) < 4.78 is 53.0. The topological polar surface area (TPSA) is 201 Å². The van der Waals surface area contributed by atoms with Gasteiger partial charge in [0.05, 0.1) is 24.9 Å². The van der Waals surface area contributed by atoms with Crippen molar-refractivity contribution in [2.45, 2.75) is 107 Å². The molecule has 0 radical (unpaired) electrons. The molecule has 5 rings (SSSR count). The van der Waals surface area contributed by atoms with Crippen molar-refractivity contribution < 1.29 is 51.0 Å². The molecule has 0 spiro atoms. The Bertz CT molecular complexity index is 1800. The molecule has 5 atom stereocenters. The molecule has 2 heterocycles. The maximum absolute atomic E-state index is 14.4. The van der Waals surface area contributed by atoms with Crippen LogP contribution < -0.4 is 15.4 Å². The van der Waals surface area contributed by atoms with E-state index < -0.39 is 92.2 Å². The van der Waals surface area contributed by atoms with Gasteiger partial charge in [-0.05, 0) is 63.7 Å². The smallest absolute Gasteiger partial charge is 0.410 e. The van der Waals surface area contributed by atoms with E-state index in [9.17, 15) is 41.6 Å². The molecule has 3 N–H and O–H groups in total. The van der Waals surface area contributed by atoms with Gasteiger partial charge in [0.25, 0.3) is 5.91 Å². The molecule has 3 fully saturated rings. The number of carbonyl (C=O) groups is 6. The van der Waals surface area contributed by atoms with E-state index in [1.54, 1.807) is 33.8 Å². The highest BCUT2D eigenvalue weighted by Gasteiger charge is 2.62. The number of alkyl carbamates (subject to hydrolysis) is 1. The first-order valence-electron chi connectivity index (χ1n) is 17.6. The van der Waals surface area contributed by atoms with Gasteiger partial charge in [0.2, 0.25) is 27.7 Å². The number of rotatable bonds is 12. The standard InChI is InChI=1S/C35H47FN6O10S/c1-7-21-15-35(21,31(46)39-53(49,50)23-12-13-23)38-29(44)27-14-22(51-33(48)41-16-20-10-9-11-25(36)24(20)18-41)17-42(27)30(45)26(19-40(6)28(43)8-2)37-32(47)52-34(3,4)5/h8-11,21-23,26-27H,2,7,12-19H2,1,3-6H3,(H,37,47)(H,38,44)(H,39,46)/t21-,22?,26+,27+,35-/m1/s1. The van der Waals surface area contributed by atoms with Gasteiger partial charge in [-0.2, -0.15) is 0 Å². The summed E-state index contributed by atoms with van der Waals surface area (Å²) in [5.74, 6) is -3.94. The maximum atomic E-state index is 14.4. The van der Waals surface area contributed by atoms with Crippen molar-refractivity contribution in [3.05, 3.63) is 47.8 Å². The van der Waals surface area contributed by atoms with Gasteiger partial charge in [-0.3, -0.25) is 28.8 Å². The zero-order valence-corrected chi connectivity index (χ0v) is 31.3. The van der Waals surface area contributed by atoms with Gasteiger partial charge in [-0.15, -0.1) is 0 Å². The Kier molecular flexibility index (Phi) is 11.1. The average Bonchev–Trinajstić information content (AvgIpc) is 3.97. The molecule has 4 aliphatic rings. The number of halogens is 1. The molecule has 2 aliphatic heterocycles. The first kappa shape index (κ1) is 39.5. The van der Waals surface area contributed by atoms with E-state index in [1.807, 2.05) is 0 Å². The fourth-order valence-corrected chi connectivity index (χ4v) is 8.12. The van der Waals surface area contributed by atoms with E-state index >= 15 is 0 Å². The first-order valence-corrected chi connectivity index (χ1v) is 19.1. The number of carbonyl (C=O) groups excluding carboxylic acids is 6. The van der Waals surface area contributed by atoms with Gasteiger partial charge in [-0.1, -0.05) is 32.1 Å². The summed E-state index contributed by atoms with van der Waals surface area (Å²) in [5.41, 5.74) is -1.55. The van der Waals surface area contributed by atoms with E-state index in [-0.39, 0.29) is 39.0 Å². The SMILES string of the molecule is C=CC(=O)N(C)C[C@H](NC(=O)OC(C)(C)C)C(=O)N1CC(OC(=O)N2Cc3cccc(F)c3C2)C[C@H]1C(=O)N[C@]1(C(=O)NS(=O)(=O)C2CC2)C[C@H]1CC. The number of ether oxygens (including phenoxy) is 2. The molecule has 1 unspecified atom stereocenters.